The van der Waals surface area contributed by atoms with Crippen molar-refractivity contribution in [1.29, 1.82) is 0 Å². The lowest BCUT2D eigenvalue weighted by Gasteiger charge is -2.36. The minimum Gasteiger partial charge on any atom is -0.494 e. The number of carbonyl (C=O) groups is 1. The van der Waals surface area contributed by atoms with Crippen molar-refractivity contribution in [3.05, 3.63) is 48.0 Å². The minimum absolute atomic E-state index is 0.149. The highest BCUT2D eigenvalue weighted by Gasteiger charge is 2.19. The van der Waals surface area contributed by atoms with Crippen molar-refractivity contribution >= 4 is 23.0 Å². The van der Waals surface area contributed by atoms with Gasteiger partial charge in [0.2, 0.25) is 0 Å². The average Bonchev–Trinajstić information content (AvgIpc) is 2.75. The molecule has 3 N–H and O–H groups in total. The van der Waals surface area contributed by atoms with E-state index in [0.717, 1.165) is 62.7 Å². The van der Waals surface area contributed by atoms with Crippen molar-refractivity contribution in [1.82, 2.24) is 4.90 Å². The molecule has 0 radical (unpaired) electrons. The molecule has 6 heteroatoms. The van der Waals surface area contributed by atoms with Gasteiger partial charge in [0.1, 0.15) is 5.75 Å². The van der Waals surface area contributed by atoms with Gasteiger partial charge in [0.25, 0.3) is 5.91 Å². The number of hydrogen-bond acceptors (Lipinski definition) is 5. The fourth-order valence-electron chi connectivity index (χ4n) is 3.47. The van der Waals surface area contributed by atoms with Crippen LogP contribution >= 0.6 is 0 Å². The van der Waals surface area contributed by atoms with Crippen LogP contribution < -0.4 is 20.7 Å². The van der Waals surface area contributed by atoms with Gasteiger partial charge in [0, 0.05) is 37.4 Å². The maximum absolute atomic E-state index is 12.8. The second-order valence-electron chi connectivity index (χ2n) is 7.38. The molecule has 0 atom stereocenters. The van der Waals surface area contributed by atoms with E-state index in [0.29, 0.717) is 17.9 Å². The van der Waals surface area contributed by atoms with Gasteiger partial charge in [-0.05, 0) is 55.4 Å². The summed E-state index contributed by atoms with van der Waals surface area (Å²) in [6.45, 7) is 9.99. The SMILES string of the molecule is CCCCOc1ccc(C(=O)Nc2cc(N)ccc2N2CCN(CC)CC2)cc1. The smallest absolute Gasteiger partial charge is 0.255 e. The van der Waals surface area contributed by atoms with Gasteiger partial charge in [-0.1, -0.05) is 20.3 Å². The van der Waals surface area contributed by atoms with Crippen molar-refractivity contribution in [3.8, 4) is 5.75 Å². The maximum Gasteiger partial charge on any atom is 0.255 e. The Morgan fingerprint density at radius 1 is 1.07 bits per heavy atom. The number of rotatable bonds is 8. The molecule has 0 aliphatic carbocycles. The number of anilines is 3. The van der Waals surface area contributed by atoms with Crippen molar-refractivity contribution in [2.75, 3.05) is 55.3 Å². The molecule has 2 aromatic rings. The number of hydrogen-bond donors (Lipinski definition) is 2. The molecule has 0 aromatic heterocycles. The van der Waals surface area contributed by atoms with Gasteiger partial charge in [-0.3, -0.25) is 4.79 Å². The van der Waals surface area contributed by atoms with E-state index >= 15 is 0 Å². The zero-order valence-corrected chi connectivity index (χ0v) is 17.5. The number of ether oxygens (including phenoxy) is 1. The first-order valence-corrected chi connectivity index (χ1v) is 10.5. The van der Waals surface area contributed by atoms with Crippen molar-refractivity contribution in [3.63, 3.8) is 0 Å². The van der Waals surface area contributed by atoms with Crippen LogP contribution in [-0.4, -0.2) is 50.1 Å². The van der Waals surface area contributed by atoms with E-state index in [9.17, 15) is 4.79 Å². The van der Waals surface area contributed by atoms with Crippen LogP contribution in [0.25, 0.3) is 0 Å². The Morgan fingerprint density at radius 2 is 1.79 bits per heavy atom. The van der Waals surface area contributed by atoms with Gasteiger partial charge >= 0.3 is 0 Å². The standard InChI is InChI=1S/C23H32N4O2/c1-3-5-16-29-20-9-6-18(7-10-20)23(28)25-21-17-19(24)8-11-22(21)27-14-12-26(4-2)13-15-27/h6-11,17H,3-5,12-16,24H2,1-2H3,(H,25,28). The molecule has 1 heterocycles. The highest BCUT2D eigenvalue weighted by Crippen LogP contribution is 2.30. The van der Waals surface area contributed by atoms with E-state index in [1.807, 2.05) is 30.3 Å². The van der Waals surface area contributed by atoms with Crippen molar-refractivity contribution in [2.24, 2.45) is 0 Å². The lowest BCUT2D eigenvalue weighted by atomic mass is 10.1. The molecule has 6 nitrogen and oxygen atoms in total. The Kier molecular flexibility index (Phi) is 7.36. The minimum atomic E-state index is -0.149. The number of nitrogens with zero attached hydrogens (tertiary/aromatic N) is 2. The third-order valence-electron chi connectivity index (χ3n) is 5.31. The van der Waals surface area contributed by atoms with Gasteiger partial charge in [-0.15, -0.1) is 0 Å². The zero-order valence-electron chi connectivity index (χ0n) is 17.5. The summed E-state index contributed by atoms with van der Waals surface area (Å²) in [5.74, 6) is 0.637. The molecule has 0 unspecified atom stereocenters. The molecule has 1 fully saturated rings. The first kappa shape index (κ1) is 21.0. The summed E-state index contributed by atoms with van der Waals surface area (Å²) in [6, 6.07) is 13.0. The summed E-state index contributed by atoms with van der Waals surface area (Å²) in [5.41, 5.74) is 9.00. The number of amides is 1. The van der Waals surface area contributed by atoms with Gasteiger partial charge < -0.3 is 25.6 Å². The second-order valence-corrected chi connectivity index (χ2v) is 7.38. The molecule has 1 aliphatic rings. The van der Waals surface area contributed by atoms with E-state index in [4.69, 9.17) is 10.5 Å². The number of nitrogens with one attached hydrogen (secondary N) is 1. The number of piperazine rings is 1. The number of likely N-dealkylation sites (N-methyl/N-ethyl adjacent to an activating group) is 1. The Hall–Kier alpha value is -2.73. The van der Waals surface area contributed by atoms with Crippen LogP contribution in [0.15, 0.2) is 42.5 Å². The molecule has 29 heavy (non-hydrogen) atoms. The normalized spacial score (nSPS) is 14.6. The summed E-state index contributed by atoms with van der Waals surface area (Å²) in [5, 5.41) is 3.05. The predicted molar refractivity (Wildman–Crippen MR) is 120 cm³/mol. The lowest BCUT2D eigenvalue weighted by molar-refractivity contribution is 0.102. The van der Waals surface area contributed by atoms with Gasteiger partial charge in [0.15, 0.2) is 0 Å². The van der Waals surface area contributed by atoms with Gasteiger partial charge in [0.05, 0.1) is 18.0 Å². The van der Waals surface area contributed by atoms with E-state index in [-0.39, 0.29) is 5.91 Å². The number of nitrogen functional groups attached to an aromatic ring is 1. The zero-order chi connectivity index (χ0) is 20.6. The predicted octanol–water partition coefficient (Wildman–Crippen LogP) is 3.84. The number of nitrogens with two attached hydrogens (primary N) is 1. The molecule has 2 aromatic carbocycles. The summed E-state index contributed by atoms with van der Waals surface area (Å²) in [4.78, 5) is 17.5. The molecule has 1 saturated heterocycles. The van der Waals surface area contributed by atoms with Crippen molar-refractivity contribution < 1.29 is 9.53 Å². The summed E-state index contributed by atoms with van der Waals surface area (Å²) >= 11 is 0. The number of unbranched alkanes of at least 4 members (excludes halogenated alkanes) is 1. The molecular formula is C23H32N4O2. The average molecular weight is 397 g/mol. The lowest BCUT2D eigenvalue weighted by Crippen LogP contribution is -2.46. The molecule has 156 valence electrons. The molecule has 1 aliphatic heterocycles. The fourth-order valence-corrected chi connectivity index (χ4v) is 3.47. The molecule has 1 amide bonds. The van der Waals surface area contributed by atoms with Crippen molar-refractivity contribution in [2.45, 2.75) is 26.7 Å². The maximum atomic E-state index is 12.8. The van der Waals surface area contributed by atoms with E-state index < -0.39 is 0 Å². The fraction of sp³-hybridized carbons (Fsp3) is 0.435. The summed E-state index contributed by atoms with van der Waals surface area (Å²) in [7, 11) is 0. The summed E-state index contributed by atoms with van der Waals surface area (Å²) < 4.78 is 5.67. The first-order valence-electron chi connectivity index (χ1n) is 10.5. The summed E-state index contributed by atoms with van der Waals surface area (Å²) in [6.07, 6.45) is 2.11. The molecular weight excluding hydrogens is 364 g/mol. The second kappa shape index (κ2) is 10.2. The Labute approximate surface area is 173 Å². The Morgan fingerprint density at radius 3 is 2.45 bits per heavy atom. The Bertz CT molecular complexity index is 799. The molecule has 0 bridgehead atoms. The quantitative estimate of drug-likeness (QED) is 0.524. The largest absolute Gasteiger partial charge is 0.494 e. The topological polar surface area (TPSA) is 70.8 Å². The number of benzene rings is 2. The van der Waals surface area contributed by atoms with Crippen LogP contribution in [0.4, 0.5) is 17.1 Å². The van der Waals surface area contributed by atoms with Crippen LogP contribution in [0.5, 0.6) is 5.75 Å². The van der Waals surface area contributed by atoms with E-state index in [1.54, 1.807) is 12.1 Å². The van der Waals surface area contributed by atoms with E-state index in [2.05, 4.69) is 29.0 Å². The van der Waals surface area contributed by atoms with Crippen LogP contribution in [0.2, 0.25) is 0 Å². The highest BCUT2D eigenvalue weighted by atomic mass is 16.5. The number of carbonyl (C=O) groups excluding carboxylic acids is 1. The van der Waals surface area contributed by atoms with Crippen LogP contribution in [0.1, 0.15) is 37.0 Å². The Balaban J connectivity index is 1.69. The van der Waals surface area contributed by atoms with Gasteiger partial charge in [-0.2, -0.15) is 0 Å². The third-order valence-corrected chi connectivity index (χ3v) is 5.31. The molecule has 3 rings (SSSR count). The third kappa shape index (κ3) is 5.64. The molecule has 0 spiro atoms. The van der Waals surface area contributed by atoms with Crippen LogP contribution in [0.3, 0.4) is 0 Å². The van der Waals surface area contributed by atoms with E-state index in [1.165, 1.54) is 0 Å². The van der Waals surface area contributed by atoms with Crippen LogP contribution in [0, 0.1) is 0 Å². The molecule has 0 saturated carbocycles. The highest BCUT2D eigenvalue weighted by molar-refractivity contribution is 6.06. The van der Waals surface area contributed by atoms with Crippen LogP contribution in [-0.2, 0) is 0 Å². The monoisotopic (exact) mass is 396 g/mol. The first-order chi connectivity index (χ1) is 14.1. The van der Waals surface area contributed by atoms with Gasteiger partial charge in [-0.25, -0.2) is 0 Å².